The van der Waals surface area contributed by atoms with Gasteiger partial charge in [0, 0.05) is 18.3 Å². The number of hydrogen-bond acceptors (Lipinski definition) is 6. The second-order valence-corrected chi connectivity index (χ2v) is 6.63. The fourth-order valence-electron chi connectivity index (χ4n) is 2.42. The molecule has 0 spiro atoms. The summed E-state index contributed by atoms with van der Waals surface area (Å²) < 4.78 is 38.5. The maximum Gasteiger partial charge on any atom is 0.416 e. The number of aliphatic hydroxyl groups excluding tert-OH is 1. The van der Waals surface area contributed by atoms with Crippen LogP contribution in [0.3, 0.4) is 0 Å². The number of nitrogens with one attached hydrogen (secondary N) is 2. The number of rotatable bonds is 6. The molecule has 6 nitrogen and oxygen atoms in total. The predicted molar refractivity (Wildman–Crippen MR) is 105 cm³/mol. The Morgan fingerprint density at radius 3 is 2.52 bits per heavy atom. The van der Waals surface area contributed by atoms with Crippen LogP contribution in [0, 0.1) is 0 Å². The van der Waals surface area contributed by atoms with E-state index in [0.29, 0.717) is 17.2 Å². The number of halogens is 4. The van der Waals surface area contributed by atoms with Crippen LogP contribution in [0.25, 0.3) is 11.4 Å². The third-order valence-electron chi connectivity index (χ3n) is 3.86. The average molecular weight is 424 g/mol. The van der Waals surface area contributed by atoms with E-state index >= 15 is 0 Å². The molecule has 0 aliphatic heterocycles. The standard InChI is InChI=1S/C19H17ClF3N5O/c1-11(10-29)25-18-27-16(15-4-2-3-7-24-15)9-17(28-18)26-14-6-5-12(8-13(14)20)19(21,22)23/h2-9,11,29H,10H2,1H3,(H2,25,26,27,28)/t11-/m1/s1. The molecule has 0 aliphatic rings. The Morgan fingerprint density at radius 1 is 1.10 bits per heavy atom. The minimum absolute atomic E-state index is 0.101. The lowest BCUT2D eigenvalue weighted by atomic mass is 10.2. The van der Waals surface area contributed by atoms with Crippen LogP contribution < -0.4 is 10.6 Å². The van der Waals surface area contributed by atoms with Gasteiger partial charge in [0.1, 0.15) is 5.82 Å². The molecule has 0 saturated heterocycles. The topological polar surface area (TPSA) is 83.0 Å². The molecule has 0 amide bonds. The summed E-state index contributed by atoms with van der Waals surface area (Å²) in [6, 6.07) is 9.63. The van der Waals surface area contributed by atoms with E-state index in [2.05, 4.69) is 25.6 Å². The maximum atomic E-state index is 12.8. The van der Waals surface area contributed by atoms with Crippen molar-refractivity contribution >= 4 is 29.1 Å². The quantitative estimate of drug-likeness (QED) is 0.531. The first-order valence-corrected chi connectivity index (χ1v) is 8.95. The van der Waals surface area contributed by atoms with Crippen molar-refractivity contribution in [1.82, 2.24) is 15.0 Å². The Balaban J connectivity index is 1.97. The fourth-order valence-corrected chi connectivity index (χ4v) is 2.65. The maximum absolute atomic E-state index is 12.8. The van der Waals surface area contributed by atoms with Gasteiger partial charge in [-0.1, -0.05) is 17.7 Å². The molecule has 2 aromatic heterocycles. The second kappa shape index (κ2) is 8.62. The van der Waals surface area contributed by atoms with Gasteiger partial charge < -0.3 is 15.7 Å². The van der Waals surface area contributed by atoms with Crippen molar-refractivity contribution < 1.29 is 18.3 Å². The van der Waals surface area contributed by atoms with Crippen LogP contribution in [0.1, 0.15) is 12.5 Å². The Kier molecular flexibility index (Phi) is 6.19. The number of pyridine rings is 1. The van der Waals surface area contributed by atoms with Gasteiger partial charge in [0.25, 0.3) is 0 Å². The highest BCUT2D eigenvalue weighted by molar-refractivity contribution is 6.33. The zero-order valence-electron chi connectivity index (χ0n) is 15.2. The highest BCUT2D eigenvalue weighted by Crippen LogP contribution is 2.35. The van der Waals surface area contributed by atoms with Gasteiger partial charge in [-0.15, -0.1) is 0 Å². The molecule has 29 heavy (non-hydrogen) atoms. The van der Waals surface area contributed by atoms with Gasteiger partial charge in [0.2, 0.25) is 5.95 Å². The molecule has 1 atom stereocenters. The molecular weight excluding hydrogens is 407 g/mol. The number of aromatic nitrogens is 3. The third-order valence-corrected chi connectivity index (χ3v) is 4.17. The van der Waals surface area contributed by atoms with E-state index in [1.165, 1.54) is 6.07 Å². The molecule has 3 aromatic rings. The molecule has 0 unspecified atom stereocenters. The van der Waals surface area contributed by atoms with Crippen molar-refractivity contribution in [3.05, 3.63) is 59.2 Å². The zero-order chi connectivity index (χ0) is 21.0. The van der Waals surface area contributed by atoms with Crippen LogP contribution in [0.5, 0.6) is 0 Å². The first kappa shape index (κ1) is 20.8. The van der Waals surface area contributed by atoms with Crippen LogP contribution >= 0.6 is 11.6 Å². The molecule has 2 heterocycles. The summed E-state index contributed by atoms with van der Waals surface area (Å²) in [5.41, 5.74) is 0.477. The van der Waals surface area contributed by atoms with Crippen LogP contribution in [0.15, 0.2) is 48.7 Å². The number of benzene rings is 1. The molecule has 0 saturated carbocycles. The van der Waals surface area contributed by atoms with E-state index in [-0.39, 0.29) is 29.3 Å². The SMILES string of the molecule is C[C@H](CO)Nc1nc(Nc2ccc(C(F)(F)F)cc2Cl)cc(-c2ccccn2)n1. The molecule has 0 radical (unpaired) electrons. The first-order valence-electron chi connectivity index (χ1n) is 8.58. The lowest BCUT2D eigenvalue weighted by Gasteiger charge is -2.15. The van der Waals surface area contributed by atoms with E-state index in [9.17, 15) is 18.3 Å². The van der Waals surface area contributed by atoms with Gasteiger partial charge in [-0.3, -0.25) is 4.98 Å². The largest absolute Gasteiger partial charge is 0.416 e. The Labute approximate surface area is 169 Å². The molecule has 3 rings (SSSR count). The van der Waals surface area contributed by atoms with E-state index in [1.807, 2.05) is 0 Å². The van der Waals surface area contributed by atoms with Crippen LogP contribution in [0.4, 0.5) is 30.6 Å². The number of hydrogen-bond donors (Lipinski definition) is 3. The van der Waals surface area contributed by atoms with Crippen molar-refractivity contribution in [2.24, 2.45) is 0 Å². The van der Waals surface area contributed by atoms with Gasteiger partial charge in [-0.25, -0.2) is 4.98 Å². The summed E-state index contributed by atoms with van der Waals surface area (Å²) in [5, 5.41) is 15.0. The summed E-state index contributed by atoms with van der Waals surface area (Å²) >= 11 is 6.02. The van der Waals surface area contributed by atoms with E-state index in [1.54, 1.807) is 37.4 Å². The predicted octanol–water partition coefficient (Wildman–Crippen LogP) is 4.75. The summed E-state index contributed by atoms with van der Waals surface area (Å²) in [5.74, 6) is 0.523. The summed E-state index contributed by atoms with van der Waals surface area (Å²) in [4.78, 5) is 12.9. The van der Waals surface area contributed by atoms with Gasteiger partial charge in [0.05, 0.1) is 34.3 Å². The first-order chi connectivity index (χ1) is 13.8. The van der Waals surface area contributed by atoms with Gasteiger partial charge in [-0.2, -0.15) is 18.2 Å². The summed E-state index contributed by atoms with van der Waals surface area (Å²) in [7, 11) is 0. The van der Waals surface area contributed by atoms with Crippen LogP contribution in [-0.2, 0) is 6.18 Å². The highest BCUT2D eigenvalue weighted by Gasteiger charge is 2.30. The number of anilines is 3. The molecule has 3 N–H and O–H groups in total. The van der Waals surface area contributed by atoms with E-state index < -0.39 is 11.7 Å². The Hall–Kier alpha value is -2.91. The van der Waals surface area contributed by atoms with Crippen molar-refractivity contribution in [2.45, 2.75) is 19.1 Å². The number of alkyl halides is 3. The third kappa shape index (κ3) is 5.33. The monoisotopic (exact) mass is 423 g/mol. The zero-order valence-corrected chi connectivity index (χ0v) is 16.0. The van der Waals surface area contributed by atoms with Gasteiger partial charge in [0.15, 0.2) is 0 Å². The molecule has 152 valence electrons. The summed E-state index contributed by atoms with van der Waals surface area (Å²) in [6.07, 6.45) is -2.87. The van der Waals surface area contributed by atoms with Crippen LogP contribution in [0.2, 0.25) is 5.02 Å². The van der Waals surface area contributed by atoms with Gasteiger partial charge in [-0.05, 0) is 37.3 Å². The normalized spacial score (nSPS) is 12.5. The highest BCUT2D eigenvalue weighted by atomic mass is 35.5. The molecular formula is C19H17ClF3N5O. The number of aliphatic hydroxyl groups is 1. The number of nitrogens with zero attached hydrogens (tertiary/aromatic N) is 3. The van der Waals surface area contributed by atoms with Gasteiger partial charge >= 0.3 is 6.18 Å². The van der Waals surface area contributed by atoms with E-state index in [0.717, 1.165) is 12.1 Å². The Morgan fingerprint density at radius 2 is 1.90 bits per heavy atom. The molecule has 0 bridgehead atoms. The fraction of sp³-hybridized carbons (Fsp3) is 0.211. The average Bonchev–Trinajstić information content (AvgIpc) is 2.69. The second-order valence-electron chi connectivity index (χ2n) is 6.22. The minimum Gasteiger partial charge on any atom is -0.394 e. The van der Waals surface area contributed by atoms with Crippen molar-refractivity contribution in [1.29, 1.82) is 0 Å². The molecule has 0 aliphatic carbocycles. The lowest BCUT2D eigenvalue weighted by Crippen LogP contribution is -2.21. The van der Waals surface area contributed by atoms with E-state index in [4.69, 9.17) is 11.6 Å². The summed E-state index contributed by atoms with van der Waals surface area (Å²) in [6.45, 7) is 1.61. The lowest BCUT2D eigenvalue weighted by molar-refractivity contribution is -0.137. The minimum atomic E-state index is -4.49. The molecule has 10 heteroatoms. The van der Waals surface area contributed by atoms with Crippen molar-refractivity contribution in [3.8, 4) is 11.4 Å². The van der Waals surface area contributed by atoms with Crippen molar-refractivity contribution in [2.75, 3.05) is 17.2 Å². The molecule has 1 aromatic carbocycles. The Bertz CT molecular complexity index is 985. The molecule has 0 fully saturated rings. The smallest absolute Gasteiger partial charge is 0.394 e. The van der Waals surface area contributed by atoms with Crippen molar-refractivity contribution in [3.63, 3.8) is 0 Å². The van der Waals surface area contributed by atoms with Crippen LogP contribution in [-0.4, -0.2) is 32.7 Å².